The van der Waals surface area contributed by atoms with E-state index in [1.807, 2.05) is 42.5 Å². The van der Waals surface area contributed by atoms with Crippen molar-refractivity contribution in [3.05, 3.63) is 72.3 Å². The standard InChI is InChI=1S/C22H22N2O4S/c25-22(15-17-8-9-18-4-1-2-5-19(18)14-17)23-20-6-3-7-21(16-20)29(26,27)24-10-12-28-13-11-24/h1-9,14,16H,10-13,15H2,(H,23,25). The quantitative estimate of drug-likeness (QED) is 0.702. The van der Waals surface area contributed by atoms with Gasteiger partial charge in [-0.15, -0.1) is 0 Å². The molecule has 3 aromatic carbocycles. The molecule has 6 nitrogen and oxygen atoms in total. The molecule has 0 aromatic heterocycles. The highest BCUT2D eigenvalue weighted by molar-refractivity contribution is 7.89. The number of carbonyl (C=O) groups is 1. The molecule has 0 spiro atoms. The van der Waals surface area contributed by atoms with Crippen LogP contribution in [0.4, 0.5) is 5.69 Å². The molecule has 1 aliphatic heterocycles. The summed E-state index contributed by atoms with van der Waals surface area (Å²) in [4.78, 5) is 12.7. The third-order valence-corrected chi connectivity index (χ3v) is 6.80. The van der Waals surface area contributed by atoms with Crippen molar-refractivity contribution < 1.29 is 17.9 Å². The largest absolute Gasteiger partial charge is 0.379 e. The monoisotopic (exact) mass is 410 g/mol. The summed E-state index contributed by atoms with van der Waals surface area (Å²) in [5.74, 6) is -0.193. The van der Waals surface area contributed by atoms with E-state index in [1.165, 1.54) is 10.4 Å². The van der Waals surface area contributed by atoms with Crippen LogP contribution in [0.2, 0.25) is 0 Å². The van der Waals surface area contributed by atoms with Gasteiger partial charge in [-0.3, -0.25) is 4.79 Å². The van der Waals surface area contributed by atoms with E-state index in [0.717, 1.165) is 16.3 Å². The lowest BCUT2D eigenvalue weighted by molar-refractivity contribution is -0.115. The second kappa shape index (κ2) is 8.32. The number of morpholine rings is 1. The van der Waals surface area contributed by atoms with Gasteiger partial charge in [0, 0.05) is 18.8 Å². The van der Waals surface area contributed by atoms with Crippen LogP contribution >= 0.6 is 0 Å². The Kier molecular flexibility index (Phi) is 5.62. The highest BCUT2D eigenvalue weighted by Gasteiger charge is 2.26. The number of amides is 1. The number of benzene rings is 3. The van der Waals surface area contributed by atoms with Crippen molar-refractivity contribution in [1.29, 1.82) is 0 Å². The Bertz CT molecular complexity index is 1140. The normalized spacial score (nSPS) is 15.3. The summed E-state index contributed by atoms with van der Waals surface area (Å²) in [6.45, 7) is 1.45. The van der Waals surface area contributed by atoms with Crippen LogP contribution in [0.1, 0.15) is 5.56 Å². The Hall–Kier alpha value is -2.74. The molecule has 4 rings (SSSR count). The SMILES string of the molecule is O=C(Cc1ccc2ccccc2c1)Nc1cccc(S(=O)(=O)N2CCOCC2)c1. The minimum atomic E-state index is -3.60. The predicted octanol–water partition coefficient (Wildman–Crippen LogP) is 3.04. The Morgan fingerprint density at radius 3 is 2.48 bits per heavy atom. The Morgan fingerprint density at radius 1 is 0.931 bits per heavy atom. The second-order valence-corrected chi connectivity index (χ2v) is 8.89. The zero-order chi connectivity index (χ0) is 20.3. The topological polar surface area (TPSA) is 75.7 Å². The summed E-state index contributed by atoms with van der Waals surface area (Å²) >= 11 is 0. The van der Waals surface area contributed by atoms with Gasteiger partial charge in [-0.1, -0.05) is 48.5 Å². The molecule has 7 heteroatoms. The van der Waals surface area contributed by atoms with Gasteiger partial charge in [0.25, 0.3) is 0 Å². The average Bonchev–Trinajstić information content (AvgIpc) is 2.74. The molecule has 1 heterocycles. The van der Waals surface area contributed by atoms with E-state index in [4.69, 9.17) is 4.74 Å². The summed E-state index contributed by atoms with van der Waals surface area (Å²) in [6.07, 6.45) is 0.214. The molecule has 0 radical (unpaired) electrons. The van der Waals surface area contributed by atoms with Crippen LogP contribution in [0.3, 0.4) is 0 Å². The molecular formula is C22H22N2O4S. The molecule has 29 heavy (non-hydrogen) atoms. The van der Waals surface area contributed by atoms with Crippen LogP contribution in [0, 0.1) is 0 Å². The number of sulfonamides is 1. The van der Waals surface area contributed by atoms with E-state index in [1.54, 1.807) is 18.2 Å². The molecule has 0 atom stereocenters. The molecule has 150 valence electrons. The molecule has 1 fully saturated rings. The Morgan fingerprint density at radius 2 is 1.69 bits per heavy atom. The van der Waals surface area contributed by atoms with E-state index < -0.39 is 10.0 Å². The fraction of sp³-hybridized carbons (Fsp3) is 0.227. The van der Waals surface area contributed by atoms with Gasteiger partial charge in [0.05, 0.1) is 24.5 Å². The van der Waals surface area contributed by atoms with E-state index in [0.29, 0.717) is 32.0 Å². The van der Waals surface area contributed by atoms with Gasteiger partial charge in [0.2, 0.25) is 15.9 Å². The molecule has 1 saturated heterocycles. The molecule has 1 N–H and O–H groups in total. The van der Waals surface area contributed by atoms with Crippen LogP contribution < -0.4 is 5.32 Å². The lowest BCUT2D eigenvalue weighted by Crippen LogP contribution is -2.40. The van der Waals surface area contributed by atoms with E-state index in [9.17, 15) is 13.2 Å². The lowest BCUT2D eigenvalue weighted by Gasteiger charge is -2.26. The number of fused-ring (bicyclic) bond motifs is 1. The van der Waals surface area contributed by atoms with Crippen LogP contribution in [0.5, 0.6) is 0 Å². The van der Waals surface area contributed by atoms with Crippen molar-refractivity contribution in [2.45, 2.75) is 11.3 Å². The second-order valence-electron chi connectivity index (χ2n) is 6.95. The molecule has 0 saturated carbocycles. The van der Waals surface area contributed by atoms with Crippen molar-refractivity contribution >= 4 is 32.4 Å². The zero-order valence-corrected chi connectivity index (χ0v) is 16.7. The third kappa shape index (κ3) is 4.48. The molecule has 1 amide bonds. The number of hydrogen-bond donors (Lipinski definition) is 1. The maximum atomic E-state index is 12.8. The first-order valence-electron chi connectivity index (χ1n) is 9.48. The van der Waals surface area contributed by atoms with E-state index >= 15 is 0 Å². The zero-order valence-electron chi connectivity index (χ0n) is 15.9. The molecule has 0 bridgehead atoms. The number of anilines is 1. The number of nitrogens with zero attached hydrogens (tertiary/aromatic N) is 1. The van der Waals surface area contributed by atoms with Gasteiger partial charge in [0.15, 0.2) is 0 Å². The van der Waals surface area contributed by atoms with Gasteiger partial charge < -0.3 is 10.1 Å². The maximum Gasteiger partial charge on any atom is 0.243 e. The van der Waals surface area contributed by atoms with Crippen molar-refractivity contribution in [2.75, 3.05) is 31.6 Å². The van der Waals surface area contributed by atoms with Crippen molar-refractivity contribution in [2.24, 2.45) is 0 Å². The summed E-state index contributed by atoms with van der Waals surface area (Å²) in [7, 11) is -3.60. The first-order valence-corrected chi connectivity index (χ1v) is 10.9. The van der Waals surface area contributed by atoms with Crippen molar-refractivity contribution in [3.8, 4) is 0 Å². The molecule has 0 unspecified atom stereocenters. The highest BCUT2D eigenvalue weighted by atomic mass is 32.2. The van der Waals surface area contributed by atoms with Crippen LogP contribution in [-0.4, -0.2) is 44.9 Å². The summed E-state index contributed by atoms with van der Waals surface area (Å²) in [6, 6.07) is 20.3. The van der Waals surface area contributed by atoms with Gasteiger partial charge in [-0.2, -0.15) is 4.31 Å². The van der Waals surface area contributed by atoms with Gasteiger partial charge in [-0.25, -0.2) is 8.42 Å². The fourth-order valence-electron chi connectivity index (χ4n) is 3.41. The average molecular weight is 410 g/mol. The van der Waals surface area contributed by atoms with Gasteiger partial charge >= 0.3 is 0 Å². The van der Waals surface area contributed by atoms with Crippen molar-refractivity contribution in [1.82, 2.24) is 4.31 Å². The summed E-state index contributed by atoms with van der Waals surface area (Å²) in [5.41, 5.74) is 1.36. The number of rotatable bonds is 5. The minimum Gasteiger partial charge on any atom is -0.379 e. The maximum absolute atomic E-state index is 12.8. The van der Waals surface area contributed by atoms with E-state index in [2.05, 4.69) is 5.32 Å². The van der Waals surface area contributed by atoms with Crippen LogP contribution in [-0.2, 0) is 26.0 Å². The third-order valence-electron chi connectivity index (χ3n) is 4.90. The first-order chi connectivity index (χ1) is 14.0. The fourth-order valence-corrected chi connectivity index (χ4v) is 4.86. The Labute approximate surface area is 170 Å². The first kappa shape index (κ1) is 19.6. The number of ether oxygens (including phenoxy) is 1. The molecule has 0 aliphatic carbocycles. The summed E-state index contributed by atoms with van der Waals surface area (Å²) < 4.78 is 32.2. The van der Waals surface area contributed by atoms with Crippen molar-refractivity contribution in [3.63, 3.8) is 0 Å². The number of nitrogens with one attached hydrogen (secondary N) is 1. The Balaban J connectivity index is 1.47. The lowest BCUT2D eigenvalue weighted by atomic mass is 10.0. The van der Waals surface area contributed by atoms with Gasteiger partial charge in [-0.05, 0) is 34.5 Å². The predicted molar refractivity (Wildman–Crippen MR) is 112 cm³/mol. The highest BCUT2D eigenvalue weighted by Crippen LogP contribution is 2.21. The molecule has 3 aromatic rings. The molecular weight excluding hydrogens is 388 g/mol. The molecule has 1 aliphatic rings. The number of hydrogen-bond acceptors (Lipinski definition) is 4. The number of carbonyl (C=O) groups excluding carboxylic acids is 1. The minimum absolute atomic E-state index is 0.169. The van der Waals surface area contributed by atoms with Crippen LogP contribution in [0.15, 0.2) is 71.6 Å². The summed E-state index contributed by atoms with van der Waals surface area (Å²) in [5, 5.41) is 5.01. The van der Waals surface area contributed by atoms with E-state index in [-0.39, 0.29) is 17.2 Å². The van der Waals surface area contributed by atoms with Crippen LogP contribution in [0.25, 0.3) is 10.8 Å². The smallest absolute Gasteiger partial charge is 0.243 e. The van der Waals surface area contributed by atoms with Gasteiger partial charge in [0.1, 0.15) is 0 Å².